The van der Waals surface area contributed by atoms with Crippen molar-refractivity contribution in [2.24, 2.45) is 0 Å². The number of nitrogens with one attached hydrogen (secondary N) is 1. The third-order valence-corrected chi connectivity index (χ3v) is 5.22. The summed E-state index contributed by atoms with van der Waals surface area (Å²) in [6, 6.07) is 12.3. The van der Waals surface area contributed by atoms with Gasteiger partial charge in [-0.1, -0.05) is 51.1 Å². The number of rotatable bonds is 7. The van der Waals surface area contributed by atoms with E-state index in [2.05, 4.69) is 46.2 Å². The predicted molar refractivity (Wildman–Crippen MR) is 118 cm³/mol. The minimum Gasteiger partial charge on any atom is -0.355 e. The number of ketones is 1. The van der Waals surface area contributed by atoms with Gasteiger partial charge in [-0.15, -0.1) is 0 Å². The van der Waals surface area contributed by atoms with E-state index in [4.69, 9.17) is 4.98 Å². The second kappa shape index (κ2) is 8.10. The summed E-state index contributed by atoms with van der Waals surface area (Å²) in [5.74, 6) is 0.966. The maximum Gasteiger partial charge on any atom is 0.183 e. The highest BCUT2D eigenvalue weighted by Gasteiger charge is 2.24. The number of hydrogen-bond acceptors (Lipinski definition) is 5. The molecule has 3 heterocycles. The topological polar surface area (TPSA) is 79.2 Å². The summed E-state index contributed by atoms with van der Waals surface area (Å²) in [5, 5.41) is 11.7. The molecule has 0 radical (unpaired) electrons. The van der Waals surface area contributed by atoms with Crippen LogP contribution in [-0.2, 0) is 6.54 Å². The first kappa shape index (κ1) is 19.8. The highest BCUT2D eigenvalue weighted by atomic mass is 16.1. The van der Waals surface area contributed by atoms with E-state index in [0.717, 1.165) is 34.8 Å². The third kappa shape index (κ3) is 3.58. The van der Waals surface area contributed by atoms with Crippen molar-refractivity contribution >= 4 is 17.2 Å². The predicted octanol–water partition coefficient (Wildman–Crippen LogP) is 4.47. The molecule has 0 saturated carbocycles. The number of fused-ring (bicyclic) bond motifs is 1. The zero-order valence-corrected chi connectivity index (χ0v) is 17.8. The molecule has 7 heteroatoms. The van der Waals surface area contributed by atoms with Crippen LogP contribution >= 0.6 is 0 Å². The molecule has 1 aromatic carbocycles. The van der Waals surface area contributed by atoms with Gasteiger partial charge in [0.1, 0.15) is 11.5 Å². The lowest BCUT2D eigenvalue weighted by Crippen LogP contribution is -2.18. The van der Waals surface area contributed by atoms with Crippen LogP contribution in [0.1, 0.15) is 54.7 Å². The number of hydrogen-bond donors (Lipinski definition) is 1. The SMILES string of the molecule is CCC(=O)c1nn2c(-c3cn[nH]c3)cc(N(C)Cc3ccccc3)nc2c1C(C)C. The number of nitrogens with zero attached hydrogens (tertiary/aromatic N) is 5. The average Bonchev–Trinajstić information content (AvgIpc) is 3.41. The number of H-pyrrole nitrogens is 1. The Bertz CT molecular complexity index is 1160. The van der Waals surface area contributed by atoms with Gasteiger partial charge in [-0.3, -0.25) is 9.89 Å². The number of aromatic amines is 1. The van der Waals surface area contributed by atoms with E-state index >= 15 is 0 Å². The van der Waals surface area contributed by atoms with Gasteiger partial charge >= 0.3 is 0 Å². The Morgan fingerprint density at radius 3 is 2.63 bits per heavy atom. The molecule has 0 spiro atoms. The van der Waals surface area contributed by atoms with Crippen molar-refractivity contribution in [3.8, 4) is 11.3 Å². The van der Waals surface area contributed by atoms with Crippen LogP contribution < -0.4 is 4.90 Å². The first-order valence-corrected chi connectivity index (χ1v) is 10.2. The molecule has 0 amide bonds. The Hall–Kier alpha value is -3.48. The highest BCUT2D eigenvalue weighted by Crippen LogP contribution is 2.31. The molecule has 0 saturated heterocycles. The van der Waals surface area contributed by atoms with Gasteiger partial charge < -0.3 is 4.90 Å². The van der Waals surface area contributed by atoms with Crippen LogP contribution in [0.5, 0.6) is 0 Å². The Morgan fingerprint density at radius 2 is 2.00 bits per heavy atom. The second-order valence-electron chi connectivity index (χ2n) is 7.76. The molecular formula is C23H26N6O. The van der Waals surface area contributed by atoms with Gasteiger partial charge in [0.2, 0.25) is 0 Å². The molecule has 30 heavy (non-hydrogen) atoms. The Kier molecular flexibility index (Phi) is 5.35. The van der Waals surface area contributed by atoms with Crippen LogP contribution in [0.15, 0.2) is 48.8 Å². The normalized spacial score (nSPS) is 11.4. The van der Waals surface area contributed by atoms with Crippen molar-refractivity contribution in [1.82, 2.24) is 24.8 Å². The first-order valence-electron chi connectivity index (χ1n) is 10.2. The minimum absolute atomic E-state index is 0.0292. The lowest BCUT2D eigenvalue weighted by Gasteiger charge is -2.20. The van der Waals surface area contributed by atoms with E-state index in [1.807, 2.05) is 44.4 Å². The lowest BCUT2D eigenvalue weighted by atomic mass is 10.0. The molecule has 0 atom stereocenters. The highest BCUT2D eigenvalue weighted by molar-refractivity contribution is 5.97. The molecule has 0 aliphatic carbocycles. The largest absolute Gasteiger partial charge is 0.355 e. The van der Waals surface area contributed by atoms with Gasteiger partial charge in [0.15, 0.2) is 11.4 Å². The van der Waals surface area contributed by atoms with E-state index in [-0.39, 0.29) is 11.7 Å². The standard InChI is InChI=1S/C23H26N6O/c1-5-19(30)22-21(15(2)3)23-26-20(28(4)14-16-9-7-6-8-10-16)11-18(29(23)27-22)17-12-24-25-13-17/h6-13,15H,5,14H2,1-4H3,(H,24,25). The van der Waals surface area contributed by atoms with E-state index in [9.17, 15) is 4.79 Å². The Balaban J connectivity index is 1.92. The number of Topliss-reactive ketones (excluding diaryl/α,β-unsaturated/α-hetero) is 1. The molecule has 3 aromatic heterocycles. The molecule has 0 unspecified atom stereocenters. The van der Waals surface area contributed by atoms with Gasteiger partial charge in [0, 0.05) is 43.4 Å². The molecule has 0 aliphatic rings. The number of carbonyl (C=O) groups is 1. The van der Waals surface area contributed by atoms with Crippen molar-refractivity contribution < 1.29 is 4.79 Å². The van der Waals surface area contributed by atoms with Crippen molar-refractivity contribution in [2.75, 3.05) is 11.9 Å². The van der Waals surface area contributed by atoms with Crippen molar-refractivity contribution in [3.05, 3.63) is 65.6 Å². The van der Waals surface area contributed by atoms with Gasteiger partial charge in [-0.05, 0) is 11.5 Å². The molecule has 7 nitrogen and oxygen atoms in total. The molecular weight excluding hydrogens is 376 g/mol. The van der Waals surface area contributed by atoms with Gasteiger partial charge in [0.25, 0.3) is 0 Å². The maximum atomic E-state index is 12.6. The van der Waals surface area contributed by atoms with Crippen LogP contribution in [0.2, 0.25) is 0 Å². The minimum atomic E-state index is 0.0292. The summed E-state index contributed by atoms with van der Waals surface area (Å²) >= 11 is 0. The van der Waals surface area contributed by atoms with E-state index in [1.54, 1.807) is 10.7 Å². The van der Waals surface area contributed by atoms with Crippen molar-refractivity contribution in [1.29, 1.82) is 0 Å². The fourth-order valence-electron chi connectivity index (χ4n) is 3.66. The van der Waals surface area contributed by atoms with Crippen LogP contribution in [0.25, 0.3) is 16.9 Å². The number of anilines is 1. The fraction of sp³-hybridized carbons (Fsp3) is 0.304. The summed E-state index contributed by atoms with van der Waals surface area (Å²) in [5.41, 5.74) is 5.06. The first-order chi connectivity index (χ1) is 14.5. The summed E-state index contributed by atoms with van der Waals surface area (Å²) in [4.78, 5) is 19.7. The molecule has 154 valence electrons. The zero-order chi connectivity index (χ0) is 21.3. The summed E-state index contributed by atoms with van der Waals surface area (Å²) < 4.78 is 1.78. The van der Waals surface area contributed by atoms with Crippen molar-refractivity contribution in [3.63, 3.8) is 0 Å². The zero-order valence-electron chi connectivity index (χ0n) is 17.8. The molecule has 1 N–H and O–H groups in total. The smallest absolute Gasteiger partial charge is 0.183 e. The van der Waals surface area contributed by atoms with Crippen LogP contribution in [0.3, 0.4) is 0 Å². The van der Waals surface area contributed by atoms with E-state index in [1.165, 1.54) is 5.56 Å². The third-order valence-electron chi connectivity index (χ3n) is 5.22. The number of carbonyl (C=O) groups excluding carboxylic acids is 1. The van der Waals surface area contributed by atoms with Gasteiger partial charge in [-0.25, -0.2) is 9.50 Å². The fourth-order valence-corrected chi connectivity index (χ4v) is 3.66. The lowest BCUT2D eigenvalue weighted by molar-refractivity contribution is 0.0982. The maximum absolute atomic E-state index is 12.6. The monoisotopic (exact) mass is 402 g/mol. The second-order valence-corrected chi connectivity index (χ2v) is 7.76. The number of benzene rings is 1. The van der Waals surface area contributed by atoms with Crippen LogP contribution in [0.4, 0.5) is 5.82 Å². The molecule has 0 bridgehead atoms. The van der Waals surface area contributed by atoms with Gasteiger partial charge in [-0.2, -0.15) is 10.2 Å². The number of aromatic nitrogens is 5. The Morgan fingerprint density at radius 1 is 1.23 bits per heavy atom. The summed E-state index contributed by atoms with van der Waals surface area (Å²) in [6.07, 6.45) is 3.99. The van der Waals surface area contributed by atoms with E-state index < -0.39 is 0 Å². The average molecular weight is 403 g/mol. The molecule has 4 aromatic rings. The Labute approximate surface area is 175 Å². The van der Waals surface area contributed by atoms with Crippen molar-refractivity contribution in [2.45, 2.75) is 39.7 Å². The summed E-state index contributed by atoms with van der Waals surface area (Å²) in [7, 11) is 2.02. The molecule has 0 fully saturated rings. The summed E-state index contributed by atoms with van der Waals surface area (Å²) in [6.45, 7) is 6.73. The van der Waals surface area contributed by atoms with Crippen LogP contribution in [-0.4, -0.2) is 37.6 Å². The van der Waals surface area contributed by atoms with E-state index in [0.29, 0.717) is 12.1 Å². The van der Waals surface area contributed by atoms with Gasteiger partial charge in [0.05, 0.1) is 11.9 Å². The quantitative estimate of drug-likeness (QED) is 0.461. The molecule has 0 aliphatic heterocycles. The van der Waals surface area contributed by atoms with Crippen LogP contribution in [0, 0.1) is 0 Å². The molecule has 4 rings (SSSR count).